The van der Waals surface area contributed by atoms with E-state index in [9.17, 15) is 0 Å². The van der Waals surface area contributed by atoms with Crippen molar-refractivity contribution in [2.24, 2.45) is 5.92 Å². The maximum Gasteiger partial charge on any atom is -0.0156 e. The van der Waals surface area contributed by atoms with Gasteiger partial charge in [0.15, 0.2) is 0 Å². The van der Waals surface area contributed by atoms with Gasteiger partial charge in [0.25, 0.3) is 0 Å². The first-order valence-corrected chi connectivity index (χ1v) is 6.89. The molecule has 0 saturated carbocycles. The number of hydrogen-bond acceptors (Lipinski definition) is 0. The van der Waals surface area contributed by atoms with Crippen molar-refractivity contribution in [2.45, 2.75) is 46.0 Å². The minimum Gasteiger partial charge on any atom is -0.103 e. The van der Waals surface area contributed by atoms with Crippen LogP contribution in [0.3, 0.4) is 0 Å². The molecule has 0 aliphatic rings. The molecule has 1 rings (SSSR count). The molecule has 0 aliphatic carbocycles. The van der Waals surface area contributed by atoms with Gasteiger partial charge in [-0.15, -0.1) is 13.2 Å². The second-order valence-corrected chi connectivity index (χ2v) is 5.30. The maximum atomic E-state index is 3.90. The van der Waals surface area contributed by atoms with E-state index >= 15 is 0 Å². The molecule has 0 amide bonds. The zero-order valence-corrected chi connectivity index (χ0v) is 12.1. The smallest absolute Gasteiger partial charge is 0.0156 e. The van der Waals surface area contributed by atoms with Crippen LogP contribution in [-0.2, 0) is 0 Å². The summed E-state index contributed by atoms with van der Waals surface area (Å²) < 4.78 is 0. The maximum absolute atomic E-state index is 3.90. The Bertz CT molecular complexity index is 400. The predicted molar refractivity (Wildman–Crippen MR) is 82.1 cm³/mol. The van der Waals surface area contributed by atoms with Gasteiger partial charge >= 0.3 is 0 Å². The van der Waals surface area contributed by atoms with Crippen LogP contribution >= 0.6 is 0 Å². The Balaban J connectivity index is 2.89. The second kappa shape index (κ2) is 7.20. The first-order valence-electron chi connectivity index (χ1n) is 6.89. The van der Waals surface area contributed by atoms with Gasteiger partial charge in [0, 0.05) is 0 Å². The zero-order valence-electron chi connectivity index (χ0n) is 12.1. The molecule has 0 aromatic heterocycles. The Morgan fingerprint density at radius 1 is 1.17 bits per heavy atom. The Morgan fingerprint density at radius 2 is 1.89 bits per heavy atom. The number of allylic oxidation sites excluding steroid dienone is 2. The molecule has 18 heavy (non-hydrogen) atoms. The lowest BCUT2D eigenvalue weighted by atomic mass is 9.80. The van der Waals surface area contributed by atoms with Crippen LogP contribution in [-0.4, -0.2) is 0 Å². The van der Waals surface area contributed by atoms with Crippen LogP contribution < -0.4 is 0 Å². The van der Waals surface area contributed by atoms with Crippen molar-refractivity contribution >= 4 is 0 Å². The summed E-state index contributed by atoms with van der Waals surface area (Å²) in [6, 6.07) is 6.79. The lowest BCUT2D eigenvalue weighted by molar-refractivity contribution is 0.421. The molecule has 2 atom stereocenters. The Labute approximate surface area is 112 Å². The van der Waals surface area contributed by atoms with Crippen LogP contribution in [0.5, 0.6) is 0 Å². The molecule has 0 heteroatoms. The highest BCUT2D eigenvalue weighted by Crippen LogP contribution is 2.32. The van der Waals surface area contributed by atoms with Crippen molar-refractivity contribution < 1.29 is 0 Å². The fraction of sp³-hybridized carbons (Fsp3) is 0.444. The van der Waals surface area contributed by atoms with E-state index in [2.05, 4.69) is 52.1 Å². The summed E-state index contributed by atoms with van der Waals surface area (Å²) in [5, 5.41) is 0. The van der Waals surface area contributed by atoms with E-state index in [0.29, 0.717) is 11.8 Å². The van der Waals surface area contributed by atoms with Gasteiger partial charge in [-0.3, -0.25) is 0 Å². The Hall–Kier alpha value is -1.30. The van der Waals surface area contributed by atoms with Crippen LogP contribution in [0.1, 0.15) is 48.8 Å². The monoisotopic (exact) mass is 242 g/mol. The van der Waals surface area contributed by atoms with Gasteiger partial charge in [0.1, 0.15) is 0 Å². The zero-order chi connectivity index (χ0) is 13.5. The molecule has 0 bridgehead atoms. The first kappa shape index (κ1) is 14.8. The number of aryl methyl sites for hydroxylation is 2. The SMILES string of the molecule is C=CCCC(CC=C)C(C)c1ccc(C)cc1C. The van der Waals surface area contributed by atoms with Crippen LogP contribution in [0, 0.1) is 19.8 Å². The quantitative estimate of drug-likeness (QED) is 0.549. The van der Waals surface area contributed by atoms with Gasteiger partial charge in [-0.25, -0.2) is 0 Å². The third kappa shape index (κ3) is 3.87. The Morgan fingerprint density at radius 3 is 2.44 bits per heavy atom. The number of benzene rings is 1. The van der Waals surface area contributed by atoms with E-state index < -0.39 is 0 Å². The minimum atomic E-state index is 0.587. The van der Waals surface area contributed by atoms with E-state index in [4.69, 9.17) is 0 Å². The van der Waals surface area contributed by atoms with Gasteiger partial charge in [-0.05, 0) is 56.1 Å². The molecule has 0 aliphatic heterocycles. The fourth-order valence-corrected chi connectivity index (χ4v) is 2.71. The third-order valence-corrected chi connectivity index (χ3v) is 3.83. The third-order valence-electron chi connectivity index (χ3n) is 3.83. The van der Waals surface area contributed by atoms with E-state index in [1.165, 1.54) is 23.1 Å². The van der Waals surface area contributed by atoms with Crippen molar-refractivity contribution in [3.8, 4) is 0 Å². The van der Waals surface area contributed by atoms with Gasteiger partial charge in [0.2, 0.25) is 0 Å². The number of rotatable bonds is 7. The molecule has 0 spiro atoms. The lowest BCUT2D eigenvalue weighted by Crippen LogP contribution is -2.11. The molecule has 0 radical (unpaired) electrons. The van der Waals surface area contributed by atoms with Crippen LogP contribution in [0.25, 0.3) is 0 Å². The van der Waals surface area contributed by atoms with Gasteiger partial charge < -0.3 is 0 Å². The van der Waals surface area contributed by atoms with E-state index in [0.717, 1.165) is 12.8 Å². The highest BCUT2D eigenvalue weighted by molar-refractivity contribution is 5.33. The summed E-state index contributed by atoms with van der Waals surface area (Å²) in [6.07, 6.45) is 7.44. The Kier molecular flexibility index (Phi) is 5.91. The van der Waals surface area contributed by atoms with Gasteiger partial charge in [-0.2, -0.15) is 0 Å². The second-order valence-electron chi connectivity index (χ2n) is 5.30. The van der Waals surface area contributed by atoms with Crippen LogP contribution in [0.4, 0.5) is 0 Å². The van der Waals surface area contributed by atoms with Crippen LogP contribution in [0.2, 0.25) is 0 Å². The molecule has 1 aromatic rings. The van der Waals surface area contributed by atoms with Gasteiger partial charge in [0.05, 0.1) is 0 Å². The van der Waals surface area contributed by atoms with Crippen molar-refractivity contribution in [2.75, 3.05) is 0 Å². The largest absolute Gasteiger partial charge is 0.103 e. The van der Waals surface area contributed by atoms with Crippen molar-refractivity contribution in [1.29, 1.82) is 0 Å². The molecule has 2 unspecified atom stereocenters. The van der Waals surface area contributed by atoms with E-state index in [1.54, 1.807) is 0 Å². The normalized spacial score (nSPS) is 13.9. The summed E-state index contributed by atoms with van der Waals surface area (Å²) >= 11 is 0. The number of hydrogen-bond donors (Lipinski definition) is 0. The predicted octanol–water partition coefficient (Wildman–Crippen LogP) is 5.57. The molecular formula is C18H26. The molecule has 0 fully saturated rings. The molecule has 98 valence electrons. The lowest BCUT2D eigenvalue weighted by Gasteiger charge is -2.24. The molecule has 0 heterocycles. The topological polar surface area (TPSA) is 0 Å². The van der Waals surface area contributed by atoms with Crippen molar-refractivity contribution in [1.82, 2.24) is 0 Å². The molecular weight excluding hydrogens is 216 g/mol. The highest BCUT2D eigenvalue weighted by Gasteiger charge is 2.18. The van der Waals surface area contributed by atoms with Crippen molar-refractivity contribution in [3.63, 3.8) is 0 Å². The average Bonchev–Trinajstić information content (AvgIpc) is 2.33. The summed E-state index contributed by atoms with van der Waals surface area (Å²) in [6.45, 7) is 14.4. The van der Waals surface area contributed by atoms with Crippen molar-refractivity contribution in [3.05, 3.63) is 60.2 Å². The summed E-state index contributed by atoms with van der Waals surface area (Å²) in [4.78, 5) is 0. The summed E-state index contributed by atoms with van der Waals surface area (Å²) in [5.41, 5.74) is 4.24. The first-order chi connectivity index (χ1) is 8.60. The van der Waals surface area contributed by atoms with E-state index in [1.807, 2.05) is 12.2 Å². The van der Waals surface area contributed by atoms with E-state index in [-0.39, 0.29) is 0 Å². The van der Waals surface area contributed by atoms with Crippen LogP contribution in [0.15, 0.2) is 43.5 Å². The van der Waals surface area contributed by atoms with Gasteiger partial charge in [-0.1, -0.05) is 42.8 Å². The summed E-state index contributed by atoms with van der Waals surface area (Å²) in [7, 11) is 0. The minimum absolute atomic E-state index is 0.587. The molecule has 0 saturated heterocycles. The molecule has 0 N–H and O–H groups in total. The fourth-order valence-electron chi connectivity index (χ4n) is 2.71. The summed E-state index contributed by atoms with van der Waals surface area (Å²) in [5.74, 6) is 1.26. The molecule has 1 aromatic carbocycles. The standard InChI is InChI=1S/C18H26/c1-6-8-10-17(9-7-2)16(5)18-12-11-14(3)13-15(18)4/h6-7,11-13,16-17H,1-2,8-10H2,3-5H3. The average molecular weight is 242 g/mol. The highest BCUT2D eigenvalue weighted by atomic mass is 14.2. The molecule has 0 nitrogen and oxygen atoms in total.